The number of hydrogen-bond acceptors (Lipinski definition) is 5. The van der Waals surface area contributed by atoms with Crippen molar-refractivity contribution in [2.24, 2.45) is 0 Å². The van der Waals surface area contributed by atoms with Crippen molar-refractivity contribution < 1.29 is 9.47 Å². The summed E-state index contributed by atoms with van der Waals surface area (Å²) in [6.45, 7) is 7.52. The largest absolute Gasteiger partial charge is 0.461 e. The van der Waals surface area contributed by atoms with Gasteiger partial charge in [0.2, 0.25) is 5.28 Å². The number of aryl methyl sites for hydroxylation is 2. The third-order valence-corrected chi connectivity index (χ3v) is 2.91. The van der Waals surface area contributed by atoms with E-state index >= 15 is 0 Å². The molecule has 0 unspecified atom stereocenters. The highest BCUT2D eigenvalue weighted by atomic mass is 35.5. The summed E-state index contributed by atoms with van der Waals surface area (Å²) in [6.07, 6.45) is -0.0738. The predicted molar refractivity (Wildman–Crippen MR) is 81.6 cm³/mol. The number of benzene rings is 1. The van der Waals surface area contributed by atoms with Crippen LogP contribution in [0.2, 0.25) is 10.3 Å². The van der Waals surface area contributed by atoms with E-state index in [4.69, 9.17) is 32.7 Å². The van der Waals surface area contributed by atoms with Crippen LogP contribution in [0.5, 0.6) is 17.8 Å². The van der Waals surface area contributed by atoms with Crippen molar-refractivity contribution in [2.75, 3.05) is 0 Å². The third-order valence-electron chi connectivity index (χ3n) is 2.53. The number of ether oxygens (including phenoxy) is 2. The SMILES string of the molecule is Cc1cc(Cl)cc(C)c1Oc1nc(Cl)nc(OC(C)C)n1. The molecule has 0 radical (unpaired) electrons. The third kappa shape index (κ3) is 4.19. The van der Waals surface area contributed by atoms with Crippen molar-refractivity contribution in [3.63, 3.8) is 0 Å². The highest BCUT2D eigenvalue weighted by molar-refractivity contribution is 6.30. The number of rotatable bonds is 4. The molecule has 0 spiro atoms. The van der Waals surface area contributed by atoms with Crippen molar-refractivity contribution >= 4 is 23.2 Å². The van der Waals surface area contributed by atoms with E-state index in [1.54, 1.807) is 12.1 Å². The maximum absolute atomic E-state index is 6.00. The molecule has 0 aliphatic rings. The zero-order chi connectivity index (χ0) is 15.6. The summed E-state index contributed by atoms with van der Waals surface area (Å²) in [5.74, 6) is 0.636. The molecule has 2 rings (SSSR count). The molecule has 5 nitrogen and oxygen atoms in total. The van der Waals surface area contributed by atoms with Crippen LogP contribution in [0, 0.1) is 13.8 Å². The van der Waals surface area contributed by atoms with Crippen molar-refractivity contribution in [2.45, 2.75) is 33.8 Å². The second-order valence-corrected chi connectivity index (χ2v) is 5.58. The number of nitrogens with zero attached hydrogens (tertiary/aromatic N) is 3. The lowest BCUT2D eigenvalue weighted by atomic mass is 10.1. The van der Waals surface area contributed by atoms with Gasteiger partial charge in [-0.2, -0.15) is 9.97 Å². The molecule has 1 aromatic heterocycles. The van der Waals surface area contributed by atoms with Crippen molar-refractivity contribution in [1.82, 2.24) is 15.0 Å². The second-order valence-electron chi connectivity index (χ2n) is 4.81. The van der Waals surface area contributed by atoms with E-state index in [0.717, 1.165) is 11.1 Å². The van der Waals surface area contributed by atoms with Gasteiger partial charge in [-0.05, 0) is 62.6 Å². The van der Waals surface area contributed by atoms with Gasteiger partial charge in [0.05, 0.1) is 6.10 Å². The molecule has 0 fully saturated rings. The van der Waals surface area contributed by atoms with Gasteiger partial charge in [0.25, 0.3) is 0 Å². The molecule has 0 amide bonds. The Morgan fingerprint density at radius 1 is 0.952 bits per heavy atom. The van der Waals surface area contributed by atoms with E-state index in [1.165, 1.54) is 0 Å². The molecule has 0 aliphatic heterocycles. The highest BCUT2D eigenvalue weighted by Crippen LogP contribution is 2.30. The standard InChI is InChI=1S/C14H15Cl2N3O2/c1-7(2)20-13-17-12(16)18-14(19-13)21-11-8(3)5-10(15)6-9(11)4/h5-7H,1-4H3. The van der Waals surface area contributed by atoms with E-state index in [0.29, 0.717) is 10.8 Å². The predicted octanol–water partition coefficient (Wildman–Crippen LogP) is 4.37. The Labute approximate surface area is 133 Å². The lowest BCUT2D eigenvalue weighted by Crippen LogP contribution is -2.09. The van der Waals surface area contributed by atoms with Gasteiger partial charge >= 0.3 is 12.0 Å². The van der Waals surface area contributed by atoms with Crippen molar-refractivity contribution in [1.29, 1.82) is 0 Å². The van der Waals surface area contributed by atoms with Gasteiger partial charge in [-0.1, -0.05) is 11.6 Å². The Morgan fingerprint density at radius 2 is 1.52 bits per heavy atom. The van der Waals surface area contributed by atoms with Gasteiger partial charge < -0.3 is 9.47 Å². The first-order valence-corrected chi connectivity index (χ1v) is 7.13. The summed E-state index contributed by atoms with van der Waals surface area (Å²) in [7, 11) is 0. The molecule has 21 heavy (non-hydrogen) atoms. The first-order chi connectivity index (χ1) is 9.85. The summed E-state index contributed by atoms with van der Waals surface area (Å²) in [5.41, 5.74) is 1.76. The first-order valence-electron chi connectivity index (χ1n) is 6.38. The van der Waals surface area contributed by atoms with Gasteiger partial charge in [-0.25, -0.2) is 0 Å². The second kappa shape index (κ2) is 6.45. The lowest BCUT2D eigenvalue weighted by molar-refractivity contribution is 0.218. The average molecular weight is 328 g/mol. The van der Waals surface area contributed by atoms with Crippen molar-refractivity contribution in [3.05, 3.63) is 33.6 Å². The molecular formula is C14H15Cl2N3O2. The van der Waals surface area contributed by atoms with E-state index in [9.17, 15) is 0 Å². The Bertz CT molecular complexity index is 640. The van der Waals surface area contributed by atoms with E-state index in [-0.39, 0.29) is 23.4 Å². The van der Waals surface area contributed by atoms with Gasteiger partial charge in [-0.3, -0.25) is 0 Å². The molecule has 0 N–H and O–H groups in total. The zero-order valence-electron chi connectivity index (χ0n) is 12.1. The Hall–Kier alpha value is -1.59. The fourth-order valence-corrected chi connectivity index (χ4v) is 2.25. The normalized spacial score (nSPS) is 10.8. The minimum Gasteiger partial charge on any atom is -0.461 e. The first kappa shape index (κ1) is 15.8. The van der Waals surface area contributed by atoms with Crippen LogP contribution in [0.1, 0.15) is 25.0 Å². The fraction of sp³-hybridized carbons (Fsp3) is 0.357. The van der Waals surface area contributed by atoms with Crippen LogP contribution in [0.25, 0.3) is 0 Å². The lowest BCUT2D eigenvalue weighted by Gasteiger charge is -2.12. The molecule has 112 valence electrons. The fourth-order valence-electron chi connectivity index (χ4n) is 1.77. The maximum Gasteiger partial charge on any atom is 0.329 e. The zero-order valence-corrected chi connectivity index (χ0v) is 13.7. The monoisotopic (exact) mass is 327 g/mol. The molecule has 0 saturated heterocycles. The summed E-state index contributed by atoms with van der Waals surface area (Å²) in [4.78, 5) is 11.9. The molecule has 7 heteroatoms. The summed E-state index contributed by atoms with van der Waals surface area (Å²) in [6, 6.07) is 3.82. The Morgan fingerprint density at radius 3 is 2.10 bits per heavy atom. The van der Waals surface area contributed by atoms with Gasteiger partial charge in [0.15, 0.2) is 0 Å². The average Bonchev–Trinajstić information content (AvgIpc) is 2.32. The maximum atomic E-state index is 6.00. The number of halogens is 2. The smallest absolute Gasteiger partial charge is 0.329 e. The van der Waals surface area contributed by atoms with Crippen LogP contribution in [-0.2, 0) is 0 Å². The van der Waals surface area contributed by atoms with Crippen LogP contribution < -0.4 is 9.47 Å². The molecule has 0 bridgehead atoms. The number of aromatic nitrogens is 3. The summed E-state index contributed by atoms with van der Waals surface area (Å²) in [5, 5.41) is 0.662. The molecule has 0 saturated carbocycles. The van der Waals surface area contributed by atoms with Gasteiger partial charge in [0.1, 0.15) is 5.75 Å². The van der Waals surface area contributed by atoms with Gasteiger partial charge in [0, 0.05) is 5.02 Å². The highest BCUT2D eigenvalue weighted by Gasteiger charge is 2.13. The van der Waals surface area contributed by atoms with Crippen LogP contribution in [-0.4, -0.2) is 21.1 Å². The van der Waals surface area contributed by atoms with E-state index in [1.807, 2.05) is 27.7 Å². The quantitative estimate of drug-likeness (QED) is 0.834. The number of hydrogen-bond donors (Lipinski definition) is 0. The van der Waals surface area contributed by atoms with Crippen LogP contribution >= 0.6 is 23.2 Å². The topological polar surface area (TPSA) is 57.1 Å². The minimum atomic E-state index is -0.0738. The molecule has 1 heterocycles. The molecule has 0 aliphatic carbocycles. The van der Waals surface area contributed by atoms with Crippen LogP contribution in [0.4, 0.5) is 0 Å². The Kier molecular flexibility index (Phi) is 4.85. The molecule has 2 aromatic rings. The van der Waals surface area contributed by atoms with E-state index in [2.05, 4.69) is 15.0 Å². The molecular weight excluding hydrogens is 313 g/mol. The minimum absolute atomic E-state index is 0.0138. The van der Waals surface area contributed by atoms with Crippen LogP contribution in [0.15, 0.2) is 12.1 Å². The van der Waals surface area contributed by atoms with Gasteiger partial charge in [-0.15, -0.1) is 4.98 Å². The molecule has 1 aromatic carbocycles. The van der Waals surface area contributed by atoms with Crippen LogP contribution in [0.3, 0.4) is 0 Å². The van der Waals surface area contributed by atoms with E-state index < -0.39 is 0 Å². The van der Waals surface area contributed by atoms with Crippen molar-refractivity contribution in [3.8, 4) is 17.8 Å². The Balaban J connectivity index is 2.33. The molecule has 0 atom stereocenters. The summed E-state index contributed by atoms with van der Waals surface area (Å²) < 4.78 is 11.1. The summed E-state index contributed by atoms with van der Waals surface area (Å²) >= 11 is 11.9.